The predicted octanol–water partition coefficient (Wildman–Crippen LogP) is 3.10. The van der Waals surface area contributed by atoms with Gasteiger partial charge in [0.05, 0.1) is 19.3 Å². The summed E-state index contributed by atoms with van der Waals surface area (Å²) >= 11 is 0. The summed E-state index contributed by atoms with van der Waals surface area (Å²) in [6.45, 7) is 1.90. The van der Waals surface area contributed by atoms with Gasteiger partial charge in [-0.15, -0.1) is 0 Å². The van der Waals surface area contributed by atoms with Crippen molar-refractivity contribution in [1.29, 1.82) is 0 Å². The van der Waals surface area contributed by atoms with Crippen LogP contribution in [0.4, 0.5) is 10.1 Å². The lowest BCUT2D eigenvalue weighted by Crippen LogP contribution is -2.42. The fourth-order valence-electron chi connectivity index (χ4n) is 3.86. The molecule has 1 amide bonds. The smallest absolute Gasteiger partial charge is 0.224 e. The lowest BCUT2D eigenvalue weighted by molar-refractivity contribution is -0.132. The second-order valence-corrected chi connectivity index (χ2v) is 7.88. The molecule has 2 aliphatic rings. The van der Waals surface area contributed by atoms with E-state index in [2.05, 4.69) is 0 Å². The summed E-state index contributed by atoms with van der Waals surface area (Å²) in [5.74, 6) is -0.207. The van der Waals surface area contributed by atoms with Crippen LogP contribution in [0.2, 0.25) is 0 Å². The number of nitrogens with zero attached hydrogens (tertiary/aromatic N) is 2. The van der Waals surface area contributed by atoms with Crippen molar-refractivity contribution in [2.24, 2.45) is 0 Å². The van der Waals surface area contributed by atoms with Crippen LogP contribution in [0.5, 0.6) is 0 Å². The molecule has 1 atom stereocenters. The number of hydrogen-bond donors (Lipinski definition) is 1. The first-order valence-electron chi connectivity index (χ1n) is 10.2. The predicted molar refractivity (Wildman–Crippen MR) is 109 cm³/mol. The Kier molecular flexibility index (Phi) is 6.11. The van der Waals surface area contributed by atoms with E-state index in [-0.39, 0.29) is 18.3 Å². The molecule has 1 aliphatic heterocycles. The summed E-state index contributed by atoms with van der Waals surface area (Å²) in [6, 6.07) is 14.8. The summed E-state index contributed by atoms with van der Waals surface area (Å²) in [7, 11) is 0. The van der Waals surface area contributed by atoms with Crippen LogP contribution in [0.1, 0.15) is 30.4 Å². The molecule has 29 heavy (non-hydrogen) atoms. The number of carbonyl (C=O) groups is 1. The highest BCUT2D eigenvalue weighted by Gasteiger charge is 2.34. The van der Waals surface area contributed by atoms with Crippen molar-refractivity contribution in [3.05, 3.63) is 65.5 Å². The molecule has 6 heteroatoms. The molecular formula is C23H27FN2O3. The molecule has 0 radical (unpaired) electrons. The van der Waals surface area contributed by atoms with Gasteiger partial charge in [0.2, 0.25) is 5.91 Å². The number of β-amino-alcohol motifs (C(OH)–C–C–N with tert-alkyl or cyclic N) is 1. The van der Waals surface area contributed by atoms with Gasteiger partial charge < -0.3 is 19.6 Å². The van der Waals surface area contributed by atoms with E-state index in [0.717, 1.165) is 29.7 Å². The fraction of sp³-hybridized carbons (Fsp3) is 0.435. The number of rotatable bonds is 7. The van der Waals surface area contributed by atoms with E-state index in [1.807, 2.05) is 40.1 Å². The molecule has 5 nitrogen and oxygen atoms in total. The zero-order valence-electron chi connectivity index (χ0n) is 16.5. The Labute approximate surface area is 170 Å². The summed E-state index contributed by atoms with van der Waals surface area (Å²) in [5.41, 5.74) is 2.73. The second-order valence-electron chi connectivity index (χ2n) is 7.88. The first-order chi connectivity index (χ1) is 14.1. The van der Waals surface area contributed by atoms with Crippen molar-refractivity contribution >= 4 is 11.6 Å². The van der Waals surface area contributed by atoms with Crippen LogP contribution in [0.25, 0.3) is 0 Å². The van der Waals surface area contributed by atoms with Crippen molar-refractivity contribution in [2.75, 3.05) is 24.6 Å². The molecule has 0 aromatic heterocycles. The molecular weight excluding hydrogens is 371 g/mol. The van der Waals surface area contributed by atoms with Crippen LogP contribution >= 0.6 is 0 Å². The Hall–Kier alpha value is -2.44. The van der Waals surface area contributed by atoms with Crippen LogP contribution in [0.3, 0.4) is 0 Å². The molecule has 1 N–H and O–H groups in total. The van der Waals surface area contributed by atoms with Gasteiger partial charge in [-0.05, 0) is 42.2 Å². The van der Waals surface area contributed by atoms with Gasteiger partial charge in [-0.1, -0.05) is 30.3 Å². The third-order valence-corrected chi connectivity index (χ3v) is 5.48. The van der Waals surface area contributed by atoms with Crippen LogP contribution in [0.15, 0.2) is 48.5 Å². The van der Waals surface area contributed by atoms with Gasteiger partial charge in [0.15, 0.2) is 0 Å². The lowest BCUT2D eigenvalue weighted by atomic mass is 10.1. The molecule has 1 fully saturated rings. The summed E-state index contributed by atoms with van der Waals surface area (Å²) in [6.07, 6.45) is 1.74. The summed E-state index contributed by atoms with van der Waals surface area (Å²) in [4.78, 5) is 16.5. The number of carbonyl (C=O) groups excluding carboxylic acids is 1. The molecule has 1 saturated carbocycles. The molecule has 0 saturated heterocycles. The average Bonchev–Trinajstić information content (AvgIpc) is 3.54. The van der Waals surface area contributed by atoms with E-state index in [1.54, 1.807) is 6.07 Å². The van der Waals surface area contributed by atoms with E-state index in [4.69, 9.17) is 4.74 Å². The zero-order valence-corrected chi connectivity index (χ0v) is 16.5. The summed E-state index contributed by atoms with van der Waals surface area (Å²) in [5, 5.41) is 10.5. The highest BCUT2D eigenvalue weighted by molar-refractivity contribution is 5.78. The maximum absolute atomic E-state index is 13.9. The van der Waals surface area contributed by atoms with E-state index in [1.165, 1.54) is 12.1 Å². The number of aliphatic hydroxyl groups is 1. The third-order valence-electron chi connectivity index (χ3n) is 5.48. The Morgan fingerprint density at radius 2 is 1.97 bits per heavy atom. The molecule has 2 aromatic carbocycles. The van der Waals surface area contributed by atoms with E-state index in [9.17, 15) is 14.3 Å². The van der Waals surface area contributed by atoms with Gasteiger partial charge in [0, 0.05) is 37.8 Å². The maximum atomic E-state index is 13.9. The Morgan fingerprint density at radius 3 is 2.72 bits per heavy atom. The minimum absolute atomic E-state index is 0.0993. The lowest BCUT2D eigenvalue weighted by Gasteiger charge is -2.34. The van der Waals surface area contributed by atoms with Gasteiger partial charge in [-0.3, -0.25) is 4.79 Å². The third kappa shape index (κ3) is 5.14. The normalized spacial score (nSPS) is 18.2. The van der Waals surface area contributed by atoms with E-state index < -0.39 is 6.10 Å². The largest absolute Gasteiger partial charge is 0.389 e. The number of fused-ring (bicyclic) bond motifs is 1. The number of amides is 1. The monoisotopic (exact) mass is 398 g/mol. The van der Waals surface area contributed by atoms with Crippen molar-refractivity contribution in [3.63, 3.8) is 0 Å². The molecule has 4 rings (SSSR count). The molecule has 154 valence electrons. The molecule has 1 aliphatic carbocycles. The molecule has 1 heterocycles. The standard InChI is InChI=1S/C23H27FN2O3/c24-19-6-9-22-18(12-19)13-26(20-7-8-20)23(28)10-11-25(22)14-21(27)16-29-15-17-4-2-1-3-5-17/h1-6,9,12,20-21,27H,7-8,10-11,13-16H2/t21-/m1/s1. The van der Waals surface area contributed by atoms with Crippen molar-refractivity contribution in [2.45, 2.75) is 44.6 Å². The first-order valence-corrected chi connectivity index (χ1v) is 10.2. The number of halogens is 1. The highest BCUT2D eigenvalue weighted by atomic mass is 19.1. The Morgan fingerprint density at radius 1 is 1.17 bits per heavy atom. The van der Waals surface area contributed by atoms with Crippen LogP contribution in [-0.2, 0) is 22.7 Å². The van der Waals surface area contributed by atoms with Crippen LogP contribution in [-0.4, -0.2) is 47.8 Å². The van der Waals surface area contributed by atoms with Gasteiger partial charge >= 0.3 is 0 Å². The Bertz CT molecular complexity index is 841. The van der Waals surface area contributed by atoms with Gasteiger partial charge in [-0.2, -0.15) is 0 Å². The minimum Gasteiger partial charge on any atom is -0.389 e. The minimum atomic E-state index is -0.703. The molecule has 0 spiro atoms. The van der Waals surface area contributed by atoms with Gasteiger partial charge in [-0.25, -0.2) is 4.39 Å². The number of aliphatic hydroxyl groups excluding tert-OH is 1. The Balaban J connectivity index is 1.42. The number of hydrogen-bond acceptors (Lipinski definition) is 4. The first kappa shape index (κ1) is 19.9. The van der Waals surface area contributed by atoms with Crippen molar-refractivity contribution in [3.8, 4) is 0 Å². The topological polar surface area (TPSA) is 53.0 Å². The quantitative estimate of drug-likeness (QED) is 0.779. The van der Waals surface area contributed by atoms with E-state index in [0.29, 0.717) is 38.7 Å². The second kappa shape index (κ2) is 8.93. The van der Waals surface area contributed by atoms with Crippen LogP contribution in [0, 0.1) is 5.82 Å². The number of ether oxygens (including phenoxy) is 1. The molecule has 0 unspecified atom stereocenters. The van der Waals surface area contributed by atoms with Crippen molar-refractivity contribution < 1.29 is 19.0 Å². The number of anilines is 1. The molecule has 2 aromatic rings. The highest BCUT2D eigenvalue weighted by Crippen LogP contribution is 2.33. The van der Waals surface area contributed by atoms with Crippen LogP contribution < -0.4 is 4.90 Å². The average molecular weight is 398 g/mol. The number of benzene rings is 2. The SMILES string of the molecule is O=C1CCN(C[C@@H](O)COCc2ccccc2)c2ccc(F)cc2CN1C1CC1. The van der Waals surface area contributed by atoms with Crippen molar-refractivity contribution in [1.82, 2.24) is 4.90 Å². The van der Waals surface area contributed by atoms with Gasteiger partial charge in [0.1, 0.15) is 5.82 Å². The maximum Gasteiger partial charge on any atom is 0.224 e. The molecule has 0 bridgehead atoms. The zero-order chi connectivity index (χ0) is 20.2. The fourth-order valence-corrected chi connectivity index (χ4v) is 3.86. The van der Waals surface area contributed by atoms with E-state index >= 15 is 0 Å². The van der Waals surface area contributed by atoms with Gasteiger partial charge in [0.25, 0.3) is 0 Å². The summed E-state index contributed by atoms with van der Waals surface area (Å²) < 4.78 is 19.5.